The lowest BCUT2D eigenvalue weighted by Gasteiger charge is -2.20. The summed E-state index contributed by atoms with van der Waals surface area (Å²) in [5.74, 6) is -0.246. The number of hydrogen-bond donors (Lipinski definition) is 1. The Morgan fingerprint density at radius 1 is 1.11 bits per heavy atom. The molecule has 0 aliphatic rings. The summed E-state index contributed by atoms with van der Waals surface area (Å²) in [5, 5.41) is 3.29. The molecule has 0 radical (unpaired) electrons. The Balaban J connectivity index is 2.50. The van der Waals surface area contributed by atoms with Crippen molar-refractivity contribution in [2.45, 2.75) is 13.0 Å². The lowest BCUT2D eigenvalue weighted by molar-refractivity contribution is 0.616. The van der Waals surface area contributed by atoms with Crippen molar-refractivity contribution < 1.29 is 4.39 Å². The third-order valence-electron chi connectivity index (χ3n) is 3.19. The van der Waals surface area contributed by atoms with E-state index in [4.69, 9.17) is 0 Å². The predicted molar refractivity (Wildman–Crippen MR) is 83.9 cm³/mol. The molecular weight excluding hydrogens is 373 g/mol. The summed E-state index contributed by atoms with van der Waals surface area (Å²) < 4.78 is 14.9. The summed E-state index contributed by atoms with van der Waals surface area (Å²) >= 11 is 6.78. The molecule has 0 amide bonds. The molecule has 2 rings (SSSR count). The molecule has 0 saturated carbocycles. The van der Waals surface area contributed by atoms with Crippen molar-refractivity contribution in [1.82, 2.24) is 5.32 Å². The van der Waals surface area contributed by atoms with Gasteiger partial charge in [0, 0.05) is 4.47 Å². The van der Waals surface area contributed by atoms with Crippen LogP contribution in [0, 0.1) is 12.7 Å². The largest absolute Gasteiger partial charge is 0.309 e. The topological polar surface area (TPSA) is 12.0 Å². The first-order chi connectivity index (χ1) is 9.04. The van der Waals surface area contributed by atoms with Crippen LogP contribution in [-0.2, 0) is 0 Å². The van der Waals surface area contributed by atoms with E-state index in [1.54, 1.807) is 0 Å². The first kappa shape index (κ1) is 14.7. The lowest BCUT2D eigenvalue weighted by atomic mass is 9.95. The van der Waals surface area contributed by atoms with Crippen molar-refractivity contribution in [3.8, 4) is 0 Å². The molecule has 4 heteroatoms. The standard InChI is InChI=1S/C15H14Br2FN/c1-9-11(4-3-5-12(9)16)15(19-2)10-6-7-14(18)13(17)8-10/h3-8,15,19H,1-2H3. The number of halogens is 3. The molecule has 0 aliphatic carbocycles. The molecule has 100 valence electrons. The second-order valence-corrected chi connectivity index (χ2v) is 6.06. The van der Waals surface area contributed by atoms with Crippen molar-refractivity contribution >= 4 is 31.9 Å². The van der Waals surface area contributed by atoms with Crippen LogP contribution in [0.2, 0.25) is 0 Å². The highest BCUT2D eigenvalue weighted by molar-refractivity contribution is 9.10. The highest BCUT2D eigenvalue weighted by atomic mass is 79.9. The lowest BCUT2D eigenvalue weighted by Crippen LogP contribution is -2.18. The zero-order valence-electron chi connectivity index (χ0n) is 10.7. The zero-order valence-corrected chi connectivity index (χ0v) is 13.8. The molecule has 1 unspecified atom stereocenters. The Kier molecular flexibility index (Phi) is 4.76. The van der Waals surface area contributed by atoms with Crippen LogP contribution in [-0.4, -0.2) is 7.05 Å². The molecule has 2 aromatic rings. The maximum Gasteiger partial charge on any atom is 0.137 e. The number of rotatable bonds is 3. The number of benzene rings is 2. The van der Waals surface area contributed by atoms with E-state index in [2.05, 4.69) is 50.2 Å². The van der Waals surface area contributed by atoms with Crippen molar-refractivity contribution in [1.29, 1.82) is 0 Å². The highest BCUT2D eigenvalue weighted by Crippen LogP contribution is 2.30. The van der Waals surface area contributed by atoms with E-state index in [1.807, 2.05) is 31.3 Å². The third-order valence-corrected chi connectivity index (χ3v) is 4.65. The van der Waals surface area contributed by atoms with Crippen LogP contribution in [0.25, 0.3) is 0 Å². The monoisotopic (exact) mass is 385 g/mol. The SMILES string of the molecule is CNC(c1ccc(F)c(Br)c1)c1cccc(Br)c1C. The molecular formula is C15H14Br2FN. The molecule has 1 atom stereocenters. The van der Waals surface area contributed by atoms with Gasteiger partial charge < -0.3 is 5.32 Å². The number of hydrogen-bond acceptors (Lipinski definition) is 1. The Hall–Kier alpha value is -0.710. The fourth-order valence-corrected chi connectivity index (χ4v) is 2.91. The van der Waals surface area contributed by atoms with E-state index < -0.39 is 0 Å². The average molecular weight is 387 g/mol. The van der Waals surface area contributed by atoms with Gasteiger partial charge in [-0.05, 0) is 64.8 Å². The van der Waals surface area contributed by atoms with E-state index in [0.717, 1.165) is 10.0 Å². The van der Waals surface area contributed by atoms with E-state index >= 15 is 0 Å². The van der Waals surface area contributed by atoms with Gasteiger partial charge in [0.2, 0.25) is 0 Å². The van der Waals surface area contributed by atoms with Crippen molar-refractivity contribution in [3.05, 3.63) is 67.9 Å². The second kappa shape index (κ2) is 6.16. The van der Waals surface area contributed by atoms with Gasteiger partial charge in [-0.25, -0.2) is 4.39 Å². The van der Waals surface area contributed by atoms with Crippen LogP contribution in [0.5, 0.6) is 0 Å². The first-order valence-electron chi connectivity index (χ1n) is 5.92. The van der Waals surface area contributed by atoms with E-state index in [9.17, 15) is 4.39 Å². The smallest absolute Gasteiger partial charge is 0.137 e. The molecule has 0 saturated heterocycles. The molecule has 0 bridgehead atoms. The molecule has 2 aromatic carbocycles. The normalized spacial score (nSPS) is 12.5. The zero-order chi connectivity index (χ0) is 14.0. The van der Waals surface area contributed by atoms with Gasteiger partial charge in [-0.3, -0.25) is 0 Å². The van der Waals surface area contributed by atoms with Crippen molar-refractivity contribution in [2.24, 2.45) is 0 Å². The fraction of sp³-hybridized carbons (Fsp3) is 0.200. The van der Waals surface area contributed by atoms with Crippen LogP contribution in [0.1, 0.15) is 22.7 Å². The summed E-state index contributed by atoms with van der Waals surface area (Å²) in [5.41, 5.74) is 3.38. The van der Waals surface area contributed by atoms with Gasteiger partial charge in [-0.15, -0.1) is 0 Å². The summed E-state index contributed by atoms with van der Waals surface area (Å²) in [6.07, 6.45) is 0. The van der Waals surface area contributed by atoms with Crippen LogP contribution in [0.3, 0.4) is 0 Å². The maximum absolute atomic E-state index is 13.3. The second-order valence-electron chi connectivity index (χ2n) is 4.35. The minimum atomic E-state index is -0.246. The Labute approximate surface area is 129 Å². The van der Waals surface area contributed by atoms with Crippen molar-refractivity contribution in [3.63, 3.8) is 0 Å². The van der Waals surface area contributed by atoms with Gasteiger partial charge in [0.15, 0.2) is 0 Å². The third kappa shape index (κ3) is 3.07. The van der Waals surface area contributed by atoms with Crippen LogP contribution >= 0.6 is 31.9 Å². The van der Waals surface area contributed by atoms with Gasteiger partial charge in [0.05, 0.1) is 10.5 Å². The first-order valence-corrected chi connectivity index (χ1v) is 7.50. The van der Waals surface area contributed by atoms with Gasteiger partial charge >= 0.3 is 0 Å². The molecule has 0 fully saturated rings. The van der Waals surface area contributed by atoms with E-state index in [0.29, 0.717) is 4.47 Å². The maximum atomic E-state index is 13.3. The van der Waals surface area contributed by atoms with E-state index in [-0.39, 0.29) is 11.9 Å². The molecule has 1 nitrogen and oxygen atoms in total. The Morgan fingerprint density at radius 3 is 2.47 bits per heavy atom. The summed E-state index contributed by atoms with van der Waals surface area (Å²) in [7, 11) is 1.91. The molecule has 0 heterocycles. The van der Waals surface area contributed by atoms with Crippen LogP contribution in [0.4, 0.5) is 4.39 Å². The summed E-state index contributed by atoms with van der Waals surface area (Å²) in [6, 6.07) is 11.3. The minimum absolute atomic E-state index is 0.0365. The molecule has 0 aliphatic heterocycles. The van der Waals surface area contributed by atoms with Gasteiger partial charge in [0.1, 0.15) is 5.82 Å². The quantitative estimate of drug-likeness (QED) is 0.785. The fourth-order valence-electron chi connectivity index (χ4n) is 2.13. The highest BCUT2D eigenvalue weighted by Gasteiger charge is 2.16. The Bertz CT molecular complexity index is 599. The molecule has 0 spiro atoms. The van der Waals surface area contributed by atoms with Crippen LogP contribution in [0.15, 0.2) is 45.3 Å². The molecule has 1 N–H and O–H groups in total. The molecule has 0 aromatic heterocycles. The van der Waals surface area contributed by atoms with Gasteiger partial charge in [-0.2, -0.15) is 0 Å². The average Bonchev–Trinajstić information content (AvgIpc) is 2.39. The summed E-state index contributed by atoms with van der Waals surface area (Å²) in [6.45, 7) is 2.07. The van der Waals surface area contributed by atoms with Crippen LogP contribution < -0.4 is 5.32 Å². The Morgan fingerprint density at radius 2 is 1.84 bits per heavy atom. The summed E-state index contributed by atoms with van der Waals surface area (Å²) in [4.78, 5) is 0. The molecule has 19 heavy (non-hydrogen) atoms. The predicted octanol–water partition coefficient (Wildman–Crippen LogP) is 4.97. The number of nitrogens with one attached hydrogen (secondary N) is 1. The van der Waals surface area contributed by atoms with E-state index in [1.165, 1.54) is 17.2 Å². The van der Waals surface area contributed by atoms with Gasteiger partial charge in [0.25, 0.3) is 0 Å². The van der Waals surface area contributed by atoms with Gasteiger partial charge in [-0.1, -0.05) is 34.1 Å². The minimum Gasteiger partial charge on any atom is -0.309 e. The van der Waals surface area contributed by atoms with Crippen molar-refractivity contribution in [2.75, 3.05) is 7.05 Å².